The molecule has 0 unspecified atom stereocenters. The molecule has 0 aliphatic carbocycles. The Balaban J connectivity index is 0.000000845. The first kappa shape index (κ1) is 14.5. The van der Waals surface area contributed by atoms with Gasteiger partial charge in [0.1, 0.15) is 0 Å². The summed E-state index contributed by atoms with van der Waals surface area (Å²) >= 11 is 0. The average molecular weight is 243 g/mol. The number of rotatable bonds is 1. The molecular formula is C9H20Cl2N2O. The molecule has 2 heterocycles. The van der Waals surface area contributed by atoms with Crippen LogP contribution in [0.4, 0.5) is 0 Å². The Morgan fingerprint density at radius 1 is 1.21 bits per heavy atom. The fraction of sp³-hybridized carbons (Fsp3) is 1.00. The largest absolute Gasteiger partial charge is 0.379 e. The summed E-state index contributed by atoms with van der Waals surface area (Å²) in [5.41, 5.74) is 0. The van der Waals surface area contributed by atoms with Crippen molar-refractivity contribution in [3.63, 3.8) is 0 Å². The quantitative estimate of drug-likeness (QED) is 0.741. The smallest absolute Gasteiger partial charge is 0.0594 e. The molecule has 2 atom stereocenters. The molecule has 2 saturated heterocycles. The van der Waals surface area contributed by atoms with Crippen LogP contribution in [-0.2, 0) is 4.74 Å². The summed E-state index contributed by atoms with van der Waals surface area (Å²) in [7, 11) is 0. The first-order valence-corrected chi connectivity index (χ1v) is 4.93. The summed E-state index contributed by atoms with van der Waals surface area (Å²) in [6.45, 7) is 7.55. The molecule has 0 amide bonds. The van der Waals surface area contributed by atoms with E-state index >= 15 is 0 Å². The highest BCUT2D eigenvalue weighted by Gasteiger charge is 2.29. The van der Waals surface area contributed by atoms with Crippen LogP contribution in [0.5, 0.6) is 0 Å². The summed E-state index contributed by atoms with van der Waals surface area (Å²) in [5, 5.41) is 3.48. The van der Waals surface area contributed by atoms with Gasteiger partial charge in [0.05, 0.1) is 13.2 Å². The van der Waals surface area contributed by atoms with Gasteiger partial charge in [-0.1, -0.05) is 0 Å². The van der Waals surface area contributed by atoms with Gasteiger partial charge in [-0.15, -0.1) is 24.8 Å². The molecule has 2 rings (SSSR count). The van der Waals surface area contributed by atoms with Crippen LogP contribution in [0.3, 0.4) is 0 Å². The summed E-state index contributed by atoms with van der Waals surface area (Å²) in [6, 6.07) is 1.43. The number of nitrogens with one attached hydrogen (secondary N) is 1. The summed E-state index contributed by atoms with van der Waals surface area (Å²) in [5.74, 6) is 0. The minimum Gasteiger partial charge on any atom is -0.379 e. The molecule has 3 nitrogen and oxygen atoms in total. The second-order valence-electron chi connectivity index (χ2n) is 3.75. The summed E-state index contributed by atoms with van der Waals surface area (Å²) in [4.78, 5) is 2.56. The molecule has 2 aliphatic heterocycles. The lowest BCUT2D eigenvalue weighted by atomic mass is 10.1. The Kier molecular flexibility index (Phi) is 7.08. The fourth-order valence-electron chi connectivity index (χ4n) is 2.25. The third-order valence-electron chi connectivity index (χ3n) is 3.00. The lowest BCUT2D eigenvalue weighted by molar-refractivity contribution is 0.0152. The van der Waals surface area contributed by atoms with Crippen LogP contribution < -0.4 is 5.32 Å². The van der Waals surface area contributed by atoms with Crippen molar-refractivity contribution in [2.45, 2.75) is 25.4 Å². The van der Waals surface area contributed by atoms with Crippen LogP contribution in [0.2, 0.25) is 0 Å². The third-order valence-corrected chi connectivity index (χ3v) is 3.00. The SMILES string of the molecule is C[C@@H]1NCC[C@@H]1N1CCOCC1.Cl.Cl. The molecule has 2 fully saturated rings. The Labute approximate surface area is 98.4 Å². The van der Waals surface area contributed by atoms with Crippen molar-refractivity contribution < 1.29 is 4.74 Å². The number of hydrogen-bond donors (Lipinski definition) is 1. The molecule has 0 bridgehead atoms. The van der Waals surface area contributed by atoms with Crippen LogP contribution in [-0.4, -0.2) is 49.8 Å². The maximum absolute atomic E-state index is 5.33. The van der Waals surface area contributed by atoms with Gasteiger partial charge in [0, 0.05) is 25.2 Å². The van der Waals surface area contributed by atoms with Crippen molar-refractivity contribution in [3.05, 3.63) is 0 Å². The van der Waals surface area contributed by atoms with Crippen molar-refractivity contribution in [1.82, 2.24) is 10.2 Å². The highest BCUT2D eigenvalue weighted by molar-refractivity contribution is 5.85. The van der Waals surface area contributed by atoms with E-state index in [1.54, 1.807) is 0 Å². The van der Waals surface area contributed by atoms with Gasteiger partial charge in [-0.05, 0) is 19.9 Å². The van der Waals surface area contributed by atoms with Gasteiger partial charge < -0.3 is 10.1 Å². The van der Waals surface area contributed by atoms with E-state index in [0.717, 1.165) is 32.3 Å². The Hall–Kier alpha value is 0.460. The van der Waals surface area contributed by atoms with E-state index < -0.39 is 0 Å². The van der Waals surface area contributed by atoms with Gasteiger partial charge in [0.2, 0.25) is 0 Å². The predicted molar refractivity (Wildman–Crippen MR) is 62.8 cm³/mol. The molecule has 0 aromatic heterocycles. The molecule has 0 aromatic carbocycles. The number of nitrogens with zero attached hydrogens (tertiary/aromatic N) is 1. The van der Waals surface area contributed by atoms with E-state index in [-0.39, 0.29) is 24.8 Å². The Morgan fingerprint density at radius 2 is 1.86 bits per heavy atom. The predicted octanol–water partition coefficient (Wildman–Crippen LogP) is 0.913. The lowest BCUT2D eigenvalue weighted by Crippen LogP contribution is -2.47. The van der Waals surface area contributed by atoms with Gasteiger partial charge >= 0.3 is 0 Å². The number of ether oxygens (including phenoxy) is 1. The van der Waals surface area contributed by atoms with Crippen molar-refractivity contribution >= 4 is 24.8 Å². The first-order valence-electron chi connectivity index (χ1n) is 4.93. The minimum absolute atomic E-state index is 0. The van der Waals surface area contributed by atoms with Crippen LogP contribution >= 0.6 is 24.8 Å². The first-order chi connectivity index (χ1) is 5.88. The van der Waals surface area contributed by atoms with E-state index in [4.69, 9.17) is 4.74 Å². The molecule has 0 radical (unpaired) electrons. The number of morpholine rings is 1. The molecular weight excluding hydrogens is 223 g/mol. The molecule has 86 valence electrons. The van der Waals surface area contributed by atoms with Crippen LogP contribution in [0.15, 0.2) is 0 Å². The highest BCUT2D eigenvalue weighted by Crippen LogP contribution is 2.15. The number of hydrogen-bond acceptors (Lipinski definition) is 3. The molecule has 0 aromatic rings. The van der Waals surface area contributed by atoms with Gasteiger partial charge in [0.25, 0.3) is 0 Å². The number of halogens is 2. The average Bonchev–Trinajstić information content (AvgIpc) is 2.53. The van der Waals surface area contributed by atoms with Crippen LogP contribution in [0.25, 0.3) is 0 Å². The molecule has 5 heteroatoms. The highest BCUT2D eigenvalue weighted by atomic mass is 35.5. The lowest BCUT2D eigenvalue weighted by Gasteiger charge is -2.34. The van der Waals surface area contributed by atoms with E-state index in [2.05, 4.69) is 17.1 Å². The van der Waals surface area contributed by atoms with Gasteiger partial charge in [-0.2, -0.15) is 0 Å². The zero-order valence-corrected chi connectivity index (χ0v) is 10.2. The van der Waals surface area contributed by atoms with Crippen molar-refractivity contribution in [1.29, 1.82) is 0 Å². The van der Waals surface area contributed by atoms with Crippen LogP contribution in [0.1, 0.15) is 13.3 Å². The second kappa shape index (κ2) is 6.85. The molecule has 1 N–H and O–H groups in total. The van der Waals surface area contributed by atoms with E-state index in [1.165, 1.54) is 13.0 Å². The minimum atomic E-state index is 0. The zero-order valence-electron chi connectivity index (χ0n) is 8.57. The van der Waals surface area contributed by atoms with Gasteiger partial charge in [-0.25, -0.2) is 0 Å². The molecule has 0 spiro atoms. The maximum atomic E-state index is 5.33. The third kappa shape index (κ3) is 3.24. The fourth-order valence-corrected chi connectivity index (χ4v) is 2.25. The Morgan fingerprint density at radius 3 is 2.36 bits per heavy atom. The topological polar surface area (TPSA) is 24.5 Å². The van der Waals surface area contributed by atoms with Gasteiger partial charge in [-0.3, -0.25) is 4.90 Å². The van der Waals surface area contributed by atoms with Crippen molar-refractivity contribution in [2.24, 2.45) is 0 Å². The summed E-state index contributed by atoms with van der Waals surface area (Å²) in [6.07, 6.45) is 1.31. The van der Waals surface area contributed by atoms with Crippen molar-refractivity contribution in [3.8, 4) is 0 Å². The Bertz CT molecular complexity index is 154. The monoisotopic (exact) mass is 242 g/mol. The van der Waals surface area contributed by atoms with Crippen molar-refractivity contribution in [2.75, 3.05) is 32.8 Å². The van der Waals surface area contributed by atoms with E-state index in [0.29, 0.717) is 6.04 Å². The standard InChI is InChI=1S/C9H18N2O.2ClH/c1-8-9(2-3-10-8)11-4-6-12-7-5-11;;/h8-10H,2-7H2,1H3;2*1H/t8-,9-;;/m0../s1. The van der Waals surface area contributed by atoms with E-state index in [1.807, 2.05) is 0 Å². The van der Waals surface area contributed by atoms with Gasteiger partial charge in [0.15, 0.2) is 0 Å². The molecule has 2 aliphatic rings. The van der Waals surface area contributed by atoms with Crippen LogP contribution in [0, 0.1) is 0 Å². The second-order valence-corrected chi connectivity index (χ2v) is 3.75. The maximum Gasteiger partial charge on any atom is 0.0594 e. The molecule has 0 saturated carbocycles. The normalized spacial score (nSPS) is 33.2. The zero-order chi connectivity index (χ0) is 8.39. The van der Waals surface area contributed by atoms with E-state index in [9.17, 15) is 0 Å². The summed E-state index contributed by atoms with van der Waals surface area (Å²) < 4.78 is 5.33. The molecule has 14 heavy (non-hydrogen) atoms.